The third kappa shape index (κ3) is 1.58. The molecule has 64 valence electrons. The van der Waals surface area contributed by atoms with Crippen LogP contribution in [0.15, 0.2) is 12.3 Å². The lowest BCUT2D eigenvalue weighted by Gasteiger charge is -2.04. The van der Waals surface area contributed by atoms with Gasteiger partial charge in [-0.2, -0.15) is 0 Å². The highest BCUT2D eigenvalue weighted by molar-refractivity contribution is 5.27. The molecular formula is C10H13NO. The number of hydrogen-bond donors (Lipinski definition) is 0. The van der Waals surface area contributed by atoms with Gasteiger partial charge in [0.2, 0.25) is 5.88 Å². The van der Waals surface area contributed by atoms with E-state index in [9.17, 15) is 0 Å². The maximum Gasteiger partial charge on any atom is 0.213 e. The molecule has 12 heavy (non-hydrogen) atoms. The maximum absolute atomic E-state index is 5.55. The molecule has 0 atom stereocenters. The van der Waals surface area contributed by atoms with Crippen molar-refractivity contribution in [2.75, 3.05) is 0 Å². The summed E-state index contributed by atoms with van der Waals surface area (Å²) in [6.07, 6.45) is 4.69. The van der Waals surface area contributed by atoms with Gasteiger partial charge in [-0.15, -0.1) is 0 Å². The zero-order chi connectivity index (χ0) is 8.55. The number of ether oxygens (including phenoxy) is 1. The van der Waals surface area contributed by atoms with Crippen molar-refractivity contribution in [1.82, 2.24) is 4.98 Å². The minimum atomic E-state index is 0.444. The summed E-state index contributed by atoms with van der Waals surface area (Å²) in [5, 5.41) is 0. The molecule has 1 saturated carbocycles. The van der Waals surface area contributed by atoms with Crippen LogP contribution in [0.25, 0.3) is 0 Å². The molecule has 1 aromatic rings. The van der Waals surface area contributed by atoms with Crippen molar-refractivity contribution in [1.29, 1.82) is 0 Å². The molecule has 1 fully saturated rings. The number of aromatic nitrogens is 1. The summed E-state index contributed by atoms with van der Waals surface area (Å²) in [5.74, 6) is 0.778. The number of hydrogen-bond acceptors (Lipinski definition) is 2. The van der Waals surface area contributed by atoms with Crippen molar-refractivity contribution in [2.45, 2.75) is 32.8 Å². The number of aryl methyl sites for hydroxylation is 2. The van der Waals surface area contributed by atoms with Crippen LogP contribution < -0.4 is 4.74 Å². The third-order valence-electron chi connectivity index (χ3n) is 2.16. The van der Waals surface area contributed by atoms with E-state index in [1.165, 1.54) is 24.0 Å². The molecule has 2 heteroatoms. The van der Waals surface area contributed by atoms with Crippen molar-refractivity contribution in [3.8, 4) is 5.88 Å². The highest BCUT2D eigenvalue weighted by Gasteiger charge is 2.23. The van der Waals surface area contributed by atoms with Gasteiger partial charge in [0.05, 0.1) is 0 Å². The fourth-order valence-corrected chi connectivity index (χ4v) is 1.02. The molecule has 1 aromatic heterocycles. The lowest BCUT2D eigenvalue weighted by molar-refractivity contribution is 0.291. The first-order valence-corrected chi connectivity index (χ1v) is 4.35. The predicted molar refractivity (Wildman–Crippen MR) is 47.4 cm³/mol. The quantitative estimate of drug-likeness (QED) is 0.667. The first-order chi connectivity index (χ1) is 5.75. The van der Waals surface area contributed by atoms with E-state index in [4.69, 9.17) is 4.74 Å². The van der Waals surface area contributed by atoms with Gasteiger partial charge >= 0.3 is 0 Å². The van der Waals surface area contributed by atoms with Crippen LogP contribution >= 0.6 is 0 Å². The van der Waals surface area contributed by atoms with E-state index < -0.39 is 0 Å². The molecule has 0 spiro atoms. The van der Waals surface area contributed by atoms with Gasteiger partial charge in [0.1, 0.15) is 6.10 Å². The van der Waals surface area contributed by atoms with Crippen LogP contribution in [0.2, 0.25) is 0 Å². The first kappa shape index (κ1) is 7.59. The van der Waals surface area contributed by atoms with Gasteiger partial charge in [0, 0.05) is 12.3 Å². The Kier molecular flexibility index (Phi) is 1.75. The van der Waals surface area contributed by atoms with E-state index in [2.05, 4.69) is 18.8 Å². The van der Waals surface area contributed by atoms with Crippen LogP contribution in [0, 0.1) is 13.8 Å². The molecule has 0 amide bonds. The summed E-state index contributed by atoms with van der Waals surface area (Å²) in [4.78, 5) is 4.20. The summed E-state index contributed by atoms with van der Waals surface area (Å²) in [5.41, 5.74) is 2.47. The van der Waals surface area contributed by atoms with Crippen LogP contribution in [-0.2, 0) is 0 Å². The molecule has 0 unspecified atom stereocenters. The van der Waals surface area contributed by atoms with Crippen molar-refractivity contribution in [3.63, 3.8) is 0 Å². The van der Waals surface area contributed by atoms with Gasteiger partial charge in [-0.25, -0.2) is 4.98 Å². The molecule has 0 N–H and O–H groups in total. The molecule has 0 bridgehead atoms. The average molecular weight is 163 g/mol. The lowest BCUT2D eigenvalue weighted by Crippen LogP contribution is -1.98. The molecule has 1 aliphatic carbocycles. The topological polar surface area (TPSA) is 22.1 Å². The Morgan fingerprint density at radius 2 is 2.08 bits per heavy atom. The van der Waals surface area contributed by atoms with Crippen molar-refractivity contribution < 1.29 is 4.74 Å². The Balaban J connectivity index is 2.15. The molecule has 2 rings (SSSR count). The highest BCUT2D eigenvalue weighted by atomic mass is 16.5. The van der Waals surface area contributed by atoms with Gasteiger partial charge in [-0.1, -0.05) is 0 Å². The van der Waals surface area contributed by atoms with Crippen molar-refractivity contribution in [2.24, 2.45) is 0 Å². The van der Waals surface area contributed by atoms with E-state index in [1.807, 2.05) is 12.3 Å². The Hall–Kier alpha value is -1.05. The summed E-state index contributed by atoms with van der Waals surface area (Å²) in [7, 11) is 0. The van der Waals surface area contributed by atoms with Crippen molar-refractivity contribution in [3.05, 3.63) is 23.4 Å². The minimum absolute atomic E-state index is 0.444. The van der Waals surface area contributed by atoms with Gasteiger partial charge in [0.25, 0.3) is 0 Å². The molecule has 2 nitrogen and oxygen atoms in total. The highest BCUT2D eigenvalue weighted by Crippen LogP contribution is 2.26. The number of rotatable bonds is 2. The van der Waals surface area contributed by atoms with E-state index >= 15 is 0 Å². The first-order valence-electron chi connectivity index (χ1n) is 4.35. The monoisotopic (exact) mass is 163 g/mol. The van der Waals surface area contributed by atoms with Gasteiger partial charge in [-0.05, 0) is 37.8 Å². The minimum Gasteiger partial charge on any atom is -0.474 e. The standard InChI is InChI=1S/C10H13NO/c1-7-5-10(11-6-8(7)2)12-9-3-4-9/h5-6,9H,3-4H2,1-2H3. The van der Waals surface area contributed by atoms with E-state index in [0.29, 0.717) is 6.10 Å². The maximum atomic E-state index is 5.55. The Labute approximate surface area is 72.6 Å². The Morgan fingerprint density at radius 1 is 1.33 bits per heavy atom. The molecule has 0 aliphatic heterocycles. The number of nitrogens with zero attached hydrogens (tertiary/aromatic N) is 1. The Morgan fingerprint density at radius 3 is 2.67 bits per heavy atom. The second-order valence-corrected chi connectivity index (χ2v) is 3.42. The summed E-state index contributed by atoms with van der Waals surface area (Å²) >= 11 is 0. The predicted octanol–water partition coefficient (Wildman–Crippen LogP) is 2.24. The van der Waals surface area contributed by atoms with E-state index in [0.717, 1.165) is 5.88 Å². The zero-order valence-electron chi connectivity index (χ0n) is 7.50. The van der Waals surface area contributed by atoms with Gasteiger partial charge < -0.3 is 4.74 Å². The molecule has 0 radical (unpaired) electrons. The SMILES string of the molecule is Cc1cnc(OC2CC2)cc1C. The normalized spacial score (nSPS) is 16.2. The lowest BCUT2D eigenvalue weighted by atomic mass is 10.2. The largest absolute Gasteiger partial charge is 0.474 e. The fourth-order valence-electron chi connectivity index (χ4n) is 1.02. The smallest absolute Gasteiger partial charge is 0.213 e. The van der Waals surface area contributed by atoms with Crippen LogP contribution in [0.3, 0.4) is 0 Å². The second kappa shape index (κ2) is 2.77. The molecule has 0 saturated heterocycles. The van der Waals surface area contributed by atoms with Crippen LogP contribution in [0.4, 0.5) is 0 Å². The van der Waals surface area contributed by atoms with Crippen molar-refractivity contribution >= 4 is 0 Å². The zero-order valence-corrected chi connectivity index (χ0v) is 7.50. The van der Waals surface area contributed by atoms with Crippen LogP contribution in [-0.4, -0.2) is 11.1 Å². The van der Waals surface area contributed by atoms with Crippen LogP contribution in [0.5, 0.6) is 5.88 Å². The second-order valence-electron chi connectivity index (χ2n) is 3.42. The average Bonchev–Trinajstić information content (AvgIpc) is 2.81. The molecular weight excluding hydrogens is 150 g/mol. The fraction of sp³-hybridized carbons (Fsp3) is 0.500. The van der Waals surface area contributed by atoms with Gasteiger partial charge in [-0.3, -0.25) is 0 Å². The van der Waals surface area contributed by atoms with Crippen LogP contribution in [0.1, 0.15) is 24.0 Å². The van der Waals surface area contributed by atoms with E-state index in [1.54, 1.807) is 0 Å². The molecule has 1 heterocycles. The molecule has 0 aromatic carbocycles. The van der Waals surface area contributed by atoms with E-state index in [-0.39, 0.29) is 0 Å². The van der Waals surface area contributed by atoms with Gasteiger partial charge in [0.15, 0.2) is 0 Å². The third-order valence-corrected chi connectivity index (χ3v) is 2.16. The Bertz CT molecular complexity index is 292. The number of pyridine rings is 1. The summed E-state index contributed by atoms with van der Waals surface area (Å²) in [6.45, 7) is 4.14. The molecule has 1 aliphatic rings. The summed E-state index contributed by atoms with van der Waals surface area (Å²) in [6, 6.07) is 2.01. The summed E-state index contributed by atoms with van der Waals surface area (Å²) < 4.78 is 5.55.